The van der Waals surface area contributed by atoms with Crippen molar-refractivity contribution >= 4 is 24.5 Å². The van der Waals surface area contributed by atoms with E-state index >= 15 is 0 Å². The standard InChI is InChI=1S/C22H31N6O5P/c1-16(12-28-14-26-19-20(23)24-13-25-21(19)28)32-15-34(29,33-18-8-4-3-5-9-18)27-17(2)22-30-10-6-7-11-31-22/h3-5,8-9,13-14,16-17,22H,6-7,10-12,15H2,1-2H3,(H,27,29)(H2,23,24,25)/t16-,17+,34-/m1/s1. The molecule has 1 fully saturated rings. The van der Waals surface area contributed by atoms with Gasteiger partial charge in [-0.05, 0) is 38.8 Å². The van der Waals surface area contributed by atoms with Gasteiger partial charge in [0.25, 0.3) is 0 Å². The molecule has 2 aromatic heterocycles. The van der Waals surface area contributed by atoms with E-state index in [0.29, 0.717) is 42.5 Å². The molecule has 0 saturated carbocycles. The van der Waals surface area contributed by atoms with Crippen LogP contribution in [0.4, 0.5) is 5.82 Å². The summed E-state index contributed by atoms with van der Waals surface area (Å²) >= 11 is 0. The smallest absolute Gasteiger partial charge is 0.342 e. The highest BCUT2D eigenvalue weighted by atomic mass is 31.2. The van der Waals surface area contributed by atoms with Crippen molar-refractivity contribution < 1.29 is 23.3 Å². The maximum atomic E-state index is 13.9. The van der Waals surface area contributed by atoms with Gasteiger partial charge in [0.05, 0.1) is 25.0 Å². The molecule has 3 N–H and O–H groups in total. The van der Waals surface area contributed by atoms with Gasteiger partial charge in [-0.3, -0.25) is 4.57 Å². The minimum absolute atomic E-state index is 0.149. The average molecular weight is 491 g/mol. The number of nitrogen functional groups attached to an aromatic ring is 1. The lowest BCUT2D eigenvalue weighted by atomic mass is 10.3. The monoisotopic (exact) mass is 490 g/mol. The Kier molecular flexibility index (Phi) is 8.12. The predicted molar refractivity (Wildman–Crippen MR) is 127 cm³/mol. The number of benzene rings is 1. The molecular weight excluding hydrogens is 459 g/mol. The molecule has 0 aliphatic carbocycles. The van der Waals surface area contributed by atoms with Gasteiger partial charge in [0.15, 0.2) is 17.8 Å². The highest BCUT2D eigenvalue weighted by molar-refractivity contribution is 7.57. The Labute approximate surface area is 198 Å². The third kappa shape index (κ3) is 6.31. The van der Waals surface area contributed by atoms with Crippen LogP contribution in [0.1, 0.15) is 26.7 Å². The van der Waals surface area contributed by atoms with Gasteiger partial charge in [-0.1, -0.05) is 18.2 Å². The molecule has 1 aliphatic heterocycles. The van der Waals surface area contributed by atoms with Gasteiger partial charge in [0, 0.05) is 13.2 Å². The number of ether oxygens (including phenoxy) is 3. The van der Waals surface area contributed by atoms with E-state index in [2.05, 4.69) is 20.0 Å². The van der Waals surface area contributed by atoms with E-state index in [1.807, 2.05) is 36.6 Å². The van der Waals surface area contributed by atoms with Gasteiger partial charge in [-0.15, -0.1) is 0 Å². The lowest BCUT2D eigenvalue weighted by Crippen LogP contribution is -2.40. The summed E-state index contributed by atoms with van der Waals surface area (Å²) in [4.78, 5) is 12.5. The second kappa shape index (κ2) is 11.2. The molecule has 4 rings (SSSR count). The second-order valence-corrected chi connectivity index (χ2v) is 10.3. The summed E-state index contributed by atoms with van der Waals surface area (Å²) in [6, 6.07) is 8.64. The predicted octanol–water partition coefficient (Wildman–Crippen LogP) is 3.17. The first-order valence-corrected chi connectivity index (χ1v) is 13.1. The van der Waals surface area contributed by atoms with Crippen LogP contribution in [0.5, 0.6) is 5.75 Å². The number of rotatable bonds is 10. The summed E-state index contributed by atoms with van der Waals surface area (Å²) in [7, 11) is -3.48. The molecule has 0 bridgehead atoms. The average Bonchev–Trinajstić information content (AvgIpc) is 3.04. The van der Waals surface area contributed by atoms with E-state index in [1.165, 1.54) is 6.33 Å². The van der Waals surface area contributed by atoms with E-state index in [-0.39, 0.29) is 18.5 Å². The first-order valence-electron chi connectivity index (χ1n) is 11.3. The van der Waals surface area contributed by atoms with Crippen LogP contribution in [0.15, 0.2) is 43.0 Å². The lowest BCUT2D eigenvalue weighted by Gasteiger charge is -2.29. The summed E-state index contributed by atoms with van der Waals surface area (Å²) in [5.41, 5.74) is 7.01. The van der Waals surface area contributed by atoms with Crippen LogP contribution in [0.25, 0.3) is 11.2 Å². The zero-order valence-corrected chi connectivity index (χ0v) is 20.3. The van der Waals surface area contributed by atoms with Crippen LogP contribution in [-0.4, -0.2) is 57.5 Å². The number of nitrogens with one attached hydrogen (secondary N) is 1. The fraction of sp³-hybridized carbons (Fsp3) is 0.500. The van der Waals surface area contributed by atoms with Gasteiger partial charge in [0.1, 0.15) is 23.9 Å². The lowest BCUT2D eigenvalue weighted by molar-refractivity contribution is -0.138. The largest absolute Gasteiger partial charge is 0.431 e. The number of fused-ring (bicyclic) bond motifs is 1. The number of hydrogen-bond acceptors (Lipinski definition) is 9. The number of nitrogens with zero attached hydrogens (tertiary/aromatic N) is 4. The molecule has 0 spiro atoms. The molecule has 11 nitrogen and oxygen atoms in total. The SMILES string of the molecule is C[C@H](Cn1cnc2c(N)ncnc21)OC[P@](=O)(N[C@@H](C)C1OCCCCO1)Oc1ccccc1. The highest BCUT2D eigenvalue weighted by Crippen LogP contribution is 2.44. The van der Waals surface area contributed by atoms with Crippen molar-refractivity contribution in [1.29, 1.82) is 0 Å². The first kappa shape index (κ1) is 24.6. The molecule has 12 heteroatoms. The van der Waals surface area contributed by atoms with Gasteiger partial charge < -0.3 is 29.0 Å². The number of nitrogens with two attached hydrogens (primary N) is 1. The molecule has 3 atom stereocenters. The van der Waals surface area contributed by atoms with Crippen molar-refractivity contribution in [3.63, 3.8) is 0 Å². The maximum Gasteiger partial charge on any atom is 0.342 e. The Morgan fingerprint density at radius 1 is 1.18 bits per heavy atom. The van der Waals surface area contributed by atoms with Gasteiger partial charge >= 0.3 is 7.52 Å². The van der Waals surface area contributed by atoms with Crippen molar-refractivity contribution in [3.8, 4) is 5.75 Å². The summed E-state index contributed by atoms with van der Waals surface area (Å²) in [6.45, 7) is 5.37. The normalized spacial score (nSPS) is 18.8. The first-order chi connectivity index (χ1) is 16.4. The van der Waals surface area contributed by atoms with E-state index < -0.39 is 13.8 Å². The Balaban J connectivity index is 1.43. The third-order valence-corrected chi connectivity index (χ3v) is 7.12. The zero-order chi connectivity index (χ0) is 24.0. The molecule has 3 heterocycles. The van der Waals surface area contributed by atoms with E-state index in [0.717, 1.165) is 12.8 Å². The summed E-state index contributed by atoms with van der Waals surface area (Å²) < 4.78 is 39.1. The number of imidazole rings is 1. The fourth-order valence-corrected chi connectivity index (χ4v) is 5.48. The Morgan fingerprint density at radius 2 is 1.91 bits per heavy atom. The van der Waals surface area contributed by atoms with Crippen molar-refractivity contribution in [3.05, 3.63) is 43.0 Å². The van der Waals surface area contributed by atoms with Crippen LogP contribution in [0, 0.1) is 0 Å². The zero-order valence-electron chi connectivity index (χ0n) is 19.4. The van der Waals surface area contributed by atoms with E-state index in [1.54, 1.807) is 18.5 Å². The molecule has 1 aromatic carbocycles. The van der Waals surface area contributed by atoms with Crippen molar-refractivity contribution in [2.24, 2.45) is 0 Å². The van der Waals surface area contributed by atoms with E-state index in [9.17, 15) is 4.57 Å². The number of para-hydroxylation sites is 1. The maximum absolute atomic E-state index is 13.9. The Hall–Kier alpha value is -2.56. The third-order valence-electron chi connectivity index (χ3n) is 5.32. The molecule has 3 aromatic rings. The molecule has 0 radical (unpaired) electrons. The molecule has 0 unspecified atom stereocenters. The van der Waals surface area contributed by atoms with Crippen molar-refractivity contribution in [1.82, 2.24) is 24.6 Å². The quantitative estimate of drug-likeness (QED) is 0.408. The molecule has 34 heavy (non-hydrogen) atoms. The minimum atomic E-state index is -3.48. The summed E-state index contributed by atoms with van der Waals surface area (Å²) in [6.07, 6.45) is 3.91. The van der Waals surface area contributed by atoms with Crippen LogP contribution < -0.4 is 15.3 Å². The van der Waals surface area contributed by atoms with E-state index in [4.69, 9.17) is 24.5 Å². The highest BCUT2D eigenvalue weighted by Gasteiger charge is 2.33. The van der Waals surface area contributed by atoms with Crippen molar-refractivity contribution in [2.75, 3.05) is 25.3 Å². The topological polar surface area (TPSA) is 136 Å². The summed E-state index contributed by atoms with van der Waals surface area (Å²) in [5.74, 6) is 0.802. The Bertz CT molecular complexity index is 1110. The van der Waals surface area contributed by atoms with Crippen LogP contribution in [0.3, 0.4) is 0 Å². The van der Waals surface area contributed by atoms with Gasteiger partial charge in [0.2, 0.25) is 0 Å². The van der Waals surface area contributed by atoms with Gasteiger partial charge in [-0.25, -0.2) is 20.0 Å². The molecule has 184 valence electrons. The molecule has 1 saturated heterocycles. The molecule has 1 aliphatic rings. The fourth-order valence-electron chi connectivity index (χ4n) is 3.64. The second-order valence-electron chi connectivity index (χ2n) is 8.25. The summed E-state index contributed by atoms with van der Waals surface area (Å²) in [5, 5.41) is 3.09. The molecular formula is C22H31N6O5P. The van der Waals surface area contributed by atoms with Crippen LogP contribution in [-0.2, 0) is 25.3 Å². The molecule has 0 amide bonds. The Morgan fingerprint density at radius 3 is 2.65 bits per heavy atom. The van der Waals surface area contributed by atoms with Gasteiger partial charge in [-0.2, -0.15) is 0 Å². The number of aromatic nitrogens is 4. The number of anilines is 1. The van der Waals surface area contributed by atoms with Crippen molar-refractivity contribution in [2.45, 2.75) is 51.7 Å². The van der Waals surface area contributed by atoms with Crippen LogP contribution >= 0.6 is 7.52 Å². The number of hydrogen-bond donors (Lipinski definition) is 2. The van der Waals surface area contributed by atoms with Crippen LogP contribution in [0.2, 0.25) is 0 Å². The minimum Gasteiger partial charge on any atom is -0.431 e.